The van der Waals surface area contributed by atoms with Crippen LogP contribution < -0.4 is 16.0 Å². The van der Waals surface area contributed by atoms with Crippen molar-refractivity contribution in [1.29, 1.82) is 0 Å². The molecule has 3 N–H and O–H groups in total. The fourth-order valence-corrected chi connectivity index (χ4v) is 2.53. The molecule has 0 bridgehead atoms. The number of hydrogen-bond donors (Lipinski definition) is 3. The summed E-state index contributed by atoms with van der Waals surface area (Å²) in [5, 5.41) is 8.12. The summed E-state index contributed by atoms with van der Waals surface area (Å²) in [6, 6.07) is 10.1. The van der Waals surface area contributed by atoms with Gasteiger partial charge in [0.25, 0.3) is 5.91 Å². The van der Waals surface area contributed by atoms with Gasteiger partial charge in [-0.1, -0.05) is 6.07 Å². The predicted molar refractivity (Wildman–Crippen MR) is 113 cm³/mol. The fourth-order valence-electron chi connectivity index (χ4n) is 2.30. The summed E-state index contributed by atoms with van der Waals surface area (Å²) < 4.78 is 14.8. The summed E-state index contributed by atoms with van der Waals surface area (Å²) >= 11 is 5.10. The summed E-state index contributed by atoms with van der Waals surface area (Å²) in [7, 11) is 1.50. The van der Waals surface area contributed by atoms with Crippen molar-refractivity contribution in [2.75, 3.05) is 25.6 Å². The van der Waals surface area contributed by atoms with E-state index in [1.165, 1.54) is 13.4 Å². The number of thiocarbonyl (C=S) groups is 1. The van der Waals surface area contributed by atoms with Crippen molar-refractivity contribution in [1.82, 2.24) is 10.6 Å². The van der Waals surface area contributed by atoms with Crippen LogP contribution in [0.2, 0.25) is 0 Å². The minimum Gasteiger partial charge on any atom is -0.467 e. The van der Waals surface area contributed by atoms with E-state index in [2.05, 4.69) is 16.0 Å². The van der Waals surface area contributed by atoms with E-state index in [9.17, 15) is 14.4 Å². The highest BCUT2D eigenvalue weighted by atomic mass is 32.1. The molecular formula is C20H23N3O6S. The average molecular weight is 433 g/mol. The van der Waals surface area contributed by atoms with Crippen LogP contribution in [0, 0.1) is 0 Å². The van der Waals surface area contributed by atoms with Crippen LogP contribution in [0.15, 0.2) is 47.1 Å². The van der Waals surface area contributed by atoms with Crippen LogP contribution in [-0.4, -0.2) is 43.2 Å². The number of nitrogens with one attached hydrogen (secondary N) is 3. The van der Waals surface area contributed by atoms with Crippen molar-refractivity contribution in [2.24, 2.45) is 0 Å². The summed E-state index contributed by atoms with van der Waals surface area (Å²) in [4.78, 5) is 35.6. The SMILES string of the molecule is COCCOC(=O)CCC(=O)NC(=S)Nc1cccc(C(=O)NCc2ccco2)c1. The molecule has 0 aliphatic carbocycles. The van der Waals surface area contributed by atoms with Gasteiger partial charge in [-0.3, -0.25) is 14.4 Å². The monoisotopic (exact) mass is 433 g/mol. The number of anilines is 1. The minimum atomic E-state index is -0.491. The number of rotatable bonds is 10. The van der Waals surface area contributed by atoms with Crippen molar-refractivity contribution in [3.63, 3.8) is 0 Å². The highest BCUT2D eigenvalue weighted by Crippen LogP contribution is 2.11. The van der Waals surface area contributed by atoms with Crippen molar-refractivity contribution >= 4 is 40.8 Å². The van der Waals surface area contributed by atoms with Gasteiger partial charge in [-0.2, -0.15) is 0 Å². The number of furan rings is 1. The average Bonchev–Trinajstić information content (AvgIpc) is 3.24. The van der Waals surface area contributed by atoms with Gasteiger partial charge in [0, 0.05) is 24.8 Å². The summed E-state index contributed by atoms with van der Waals surface area (Å²) in [6.07, 6.45) is 1.40. The van der Waals surface area contributed by atoms with Crippen LogP contribution in [0.4, 0.5) is 5.69 Å². The number of carbonyl (C=O) groups is 3. The fraction of sp³-hybridized carbons (Fsp3) is 0.300. The number of carbonyl (C=O) groups excluding carboxylic acids is 3. The Morgan fingerprint density at radius 3 is 2.67 bits per heavy atom. The smallest absolute Gasteiger partial charge is 0.306 e. The number of hydrogen-bond acceptors (Lipinski definition) is 7. The molecule has 0 fully saturated rings. The van der Waals surface area contributed by atoms with E-state index in [-0.39, 0.29) is 37.0 Å². The molecule has 0 spiro atoms. The van der Waals surface area contributed by atoms with E-state index in [0.29, 0.717) is 23.6 Å². The van der Waals surface area contributed by atoms with E-state index >= 15 is 0 Å². The molecule has 0 saturated carbocycles. The van der Waals surface area contributed by atoms with Crippen molar-refractivity contribution in [3.05, 3.63) is 54.0 Å². The molecule has 0 unspecified atom stereocenters. The summed E-state index contributed by atoms with van der Waals surface area (Å²) in [6.45, 7) is 0.708. The van der Waals surface area contributed by atoms with Crippen LogP contribution >= 0.6 is 12.2 Å². The Morgan fingerprint density at radius 1 is 1.10 bits per heavy atom. The molecule has 0 saturated heterocycles. The number of amides is 2. The first kappa shape index (κ1) is 23.0. The number of esters is 1. The highest BCUT2D eigenvalue weighted by molar-refractivity contribution is 7.80. The molecule has 2 rings (SSSR count). The molecule has 1 aromatic heterocycles. The maximum Gasteiger partial charge on any atom is 0.306 e. The van der Waals surface area contributed by atoms with Crippen LogP contribution in [0.25, 0.3) is 0 Å². The summed E-state index contributed by atoms with van der Waals surface area (Å²) in [5.74, 6) is -0.557. The molecule has 1 heterocycles. The molecule has 10 heteroatoms. The molecule has 2 aromatic rings. The molecular weight excluding hydrogens is 410 g/mol. The van der Waals surface area contributed by atoms with Gasteiger partial charge in [0.2, 0.25) is 5.91 Å². The van der Waals surface area contributed by atoms with Gasteiger partial charge in [-0.25, -0.2) is 0 Å². The van der Waals surface area contributed by atoms with Gasteiger partial charge in [0.15, 0.2) is 5.11 Å². The van der Waals surface area contributed by atoms with Crippen LogP contribution in [0.1, 0.15) is 29.0 Å². The second kappa shape index (κ2) is 12.3. The Morgan fingerprint density at radius 2 is 1.93 bits per heavy atom. The second-order valence-electron chi connectivity index (χ2n) is 6.06. The van der Waals surface area contributed by atoms with Gasteiger partial charge < -0.3 is 29.8 Å². The number of ether oxygens (including phenoxy) is 2. The quantitative estimate of drug-likeness (QED) is 0.296. The predicted octanol–water partition coefficient (Wildman–Crippen LogP) is 1.99. The number of methoxy groups -OCH3 is 1. The Balaban J connectivity index is 1.76. The van der Waals surface area contributed by atoms with Gasteiger partial charge >= 0.3 is 5.97 Å². The zero-order chi connectivity index (χ0) is 21.8. The van der Waals surface area contributed by atoms with Gasteiger partial charge in [0.1, 0.15) is 12.4 Å². The third-order valence-corrected chi connectivity index (χ3v) is 3.95. The zero-order valence-electron chi connectivity index (χ0n) is 16.4. The maximum absolute atomic E-state index is 12.3. The maximum atomic E-state index is 12.3. The van der Waals surface area contributed by atoms with Crippen LogP contribution in [0.3, 0.4) is 0 Å². The normalized spacial score (nSPS) is 10.2. The second-order valence-corrected chi connectivity index (χ2v) is 6.47. The molecule has 160 valence electrons. The third-order valence-electron chi connectivity index (χ3n) is 3.75. The lowest BCUT2D eigenvalue weighted by molar-refractivity contribution is -0.146. The van der Waals surface area contributed by atoms with E-state index in [1.807, 2.05) is 0 Å². The Hall–Kier alpha value is -3.24. The van der Waals surface area contributed by atoms with Crippen molar-refractivity contribution < 1.29 is 28.3 Å². The first-order chi connectivity index (χ1) is 14.5. The van der Waals surface area contributed by atoms with Gasteiger partial charge in [-0.15, -0.1) is 0 Å². The molecule has 30 heavy (non-hydrogen) atoms. The molecule has 0 aliphatic heterocycles. The first-order valence-electron chi connectivity index (χ1n) is 9.14. The Bertz CT molecular complexity index is 869. The lowest BCUT2D eigenvalue weighted by Crippen LogP contribution is -2.34. The van der Waals surface area contributed by atoms with Gasteiger partial charge in [-0.05, 0) is 42.5 Å². The van der Waals surface area contributed by atoms with Gasteiger partial charge in [0.05, 0.1) is 25.8 Å². The zero-order valence-corrected chi connectivity index (χ0v) is 17.3. The highest BCUT2D eigenvalue weighted by Gasteiger charge is 2.11. The van der Waals surface area contributed by atoms with Crippen LogP contribution in [-0.2, 0) is 25.6 Å². The molecule has 9 nitrogen and oxygen atoms in total. The lowest BCUT2D eigenvalue weighted by Gasteiger charge is -2.11. The molecule has 2 amide bonds. The lowest BCUT2D eigenvalue weighted by atomic mass is 10.2. The standard InChI is InChI=1S/C20H23N3O6S/c1-27-10-11-29-18(25)8-7-17(24)23-20(30)22-15-5-2-4-14(12-15)19(26)21-13-16-6-3-9-28-16/h2-6,9,12H,7-8,10-11,13H2,1H3,(H,21,26)(H2,22,23,24,30). The molecule has 0 aliphatic rings. The first-order valence-corrected chi connectivity index (χ1v) is 9.55. The van der Waals surface area contributed by atoms with Crippen molar-refractivity contribution in [2.45, 2.75) is 19.4 Å². The third kappa shape index (κ3) is 8.41. The van der Waals surface area contributed by atoms with E-state index in [4.69, 9.17) is 26.1 Å². The molecule has 0 atom stereocenters. The van der Waals surface area contributed by atoms with E-state index in [0.717, 1.165) is 0 Å². The topological polar surface area (TPSA) is 119 Å². The summed E-state index contributed by atoms with van der Waals surface area (Å²) in [5.41, 5.74) is 0.949. The van der Waals surface area contributed by atoms with E-state index in [1.54, 1.807) is 36.4 Å². The van der Waals surface area contributed by atoms with Crippen LogP contribution in [0.5, 0.6) is 0 Å². The minimum absolute atomic E-state index is 0.0564. The van der Waals surface area contributed by atoms with Crippen molar-refractivity contribution in [3.8, 4) is 0 Å². The molecule has 1 aromatic carbocycles. The van der Waals surface area contributed by atoms with E-state index < -0.39 is 11.9 Å². The Kier molecular flexibility index (Phi) is 9.49. The molecule has 0 radical (unpaired) electrons. The largest absolute Gasteiger partial charge is 0.467 e. The Labute approximate surface area is 179 Å². The number of benzene rings is 1.